The third kappa shape index (κ3) is 4.19. The highest BCUT2D eigenvalue weighted by molar-refractivity contribution is 6.31. The van der Waals surface area contributed by atoms with Crippen molar-refractivity contribution in [1.82, 2.24) is 24.0 Å². The summed E-state index contributed by atoms with van der Waals surface area (Å²) in [5, 5.41) is 0.624. The number of hydrogen-bond donors (Lipinski definition) is 1. The lowest BCUT2D eigenvalue weighted by Gasteiger charge is -2.35. The highest BCUT2D eigenvalue weighted by Crippen LogP contribution is 2.25. The molecule has 4 aromatic rings. The quantitative estimate of drug-likeness (QED) is 0.491. The molecule has 0 bridgehead atoms. The van der Waals surface area contributed by atoms with Crippen LogP contribution in [0, 0.1) is 0 Å². The second kappa shape index (κ2) is 8.88. The summed E-state index contributed by atoms with van der Waals surface area (Å²) in [4.78, 5) is 36.8. The number of fused-ring (bicyclic) bond motifs is 1. The summed E-state index contributed by atoms with van der Waals surface area (Å²) in [5.41, 5.74) is 2.00. The molecule has 1 saturated heterocycles. The van der Waals surface area contributed by atoms with Gasteiger partial charge in [0.15, 0.2) is 11.2 Å². The van der Waals surface area contributed by atoms with Gasteiger partial charge in [-0.3, -0.25) is 23.8 Å². The Morgan fingerprint density at radius 2 is 1.64 bits per heavy atom. The minimum atomic E-state index is -0.478. The van der Waals surface area contributed by atoms with Gasteiger partial charge in [-0.1, -0.05) is 60.1 Å². The Hall–Kier alpha value is -3.36. The number of aromatic amines is 1. The Kier molecular flexibility index (Phi) is 5.78. The van der Waals surface area contributed by atoms with Crippen LogP contribution < -0.4 is 16.1 Å². The zero-order valence-electron chi connectivity index (χ0n) is 18.4. The van der Waals surface area contributed by atoms with Gasteiger partial charge >= 0.3 is 5.69 Å². The fourth-order valence-electron chi connectivity index (χ4n) is 4.36. The molecule has 3 heterocycles. The van der Waals surface area contributed by atoms with Gasteiger partial charge in [-0.2, -0.15) is 4.98 Å². The fourth-order valence-corrected chi connectivity index (χ4v) is 4.55. The molecule has 0 aliphatic carbocycles. The van der Waals surface area contributed by atoms with E-state index in [2.05, 4.69) is 39.0 Å². The molecule has 170 valence electrons. The van der Waals surface area contributed by atoms with Gasteiger partial charge < -0.3 is 4.90 Å². The summed E-state index contributed by atoms with van der Waals surface area (Å²) >= 11 is 6.43. The van der Waals surface area contributed by atoms with E-state index in [4.69, 9.17) is 16.6 Å². The van der Waals surface area contributed by atoms with Crippen molar-refractivity contribution in [3.63, 3.8) is 0 Å². The number of aryl methyl sites for hydroxylation is 1. The van der Waals surface area contributed by atoms with Crippen molar-refractivity contribution in [1.29, 1.82) is 0 Å². The van der Waals surface area contributed by atoms with E-state index in [0.717, 1.165) is 38.3 Å². The van der Waals surface area contributed by atoms with E-state index in [1.807, 2.05) is 34.9 Å². The summed E-state index contributed by atoms with van der Waals surface area (Å²) in [6.45, 7) is 4.57. The van der Waals surface area contributed by atoms with Crippen LogP contribution in [0.15, 0.2) is 64.2 Å². The lowest BCUT2D eigenvalue weighted by atomic mass is 10.2. The Morgan fingerprint density at radius 1 is 0.939 bits per heavy atom. The van der Waals surface area contributed by atoms with Crippen LogP contribution in [0.2, 0.25) is 5.02 Å². The minimum Gasteiger partial charge on any atom is -0.340 e. The zero-order valence-corrected chi connectivity index (χ0v) is 19.1. The predicted molar refractivity (Wildman–Crippen MR) is 130 cm³/mol. The maximum Gasteiger partial charge on any atom is 0.329 e. The normalized spacial score (nSPS) is 14.8. The Balaban J connectivity index is 1.49. The smallest absolute Gasteiger partial charge is 0.329 e. The number of hydrogen-bond acceptors (Lipinski definition) is 5. The van der Waals surface area contributed by atoms with Gasteiger partial charge in [0.25, 0.3) is 5.56 Å². The van der Waals surface area contributed by atoms with Crippen LogP contribution >= 0.6 is 11.6 Å². The van der Waals surface area contributed by atoms with Crippen molar-refractivity contribution in [2.24, 2.45) is 7.05 Å². The summed E-state index contributed by atoms with van der Waals surface area (Å²) in [5.74, 6) is 0.677. The molecule has 9 heteroatoms. The van der Waals surface area contributed by atoms with Crippen molar-refractivity contribution in [3.8, 4) is 0 Å². The molecule has 0 amide bonds. The summed E-state index contributed by atoms with van der Waals surface area (Å²) in [7, 11) is 1.62. The van der Waals surface area contributed by atoms with Gasteiger partial charge in [0, 0.05) is 44.8 Å². The van der Waals surface area contributed by atoms with Crippen molar-refractivity contribution in [3.05, 3.63) is 91.6 Å². The van der Waals surface area contributed by atoms with Crippen molar-refractivity contribution < 1.29 is 0 Å². The van der Waals surface area contributed by atoms with Crippen LogP contribution in [0.25, 0.3) is 11.2 Å². The third-order valence-electron chi connectivity index (χ3n) is 6.18. The number of nitrogens with one attached hydrogen (secondary N) is 1. The van der Waals surface area contributed by atoms with Crippen molar-refractivity contribution in [2.75, 3.05) is 31.1 Å². The summed E-state index contributed by atoms with van der Waals surface area (Å²) < 4.78 is 3.26. The maximum absolute atomic E-state index is 12.8. The number of halogens is 1. The van der Waals surface area contributed by atoms with Crippen molar-refractivity contribution >= 4 is 28.7 Å². The maximum atomic E-state index is 12.8. The molecule has 0 radical (unpaired) electrons. The number of anilines is 1. The first-order chi connectivity index (χ1) is 16.0. The number of benzene rings is 2. The first-order valence-corrected chi connectivity index (χ1v) is 11.3. The van der Waals surface area contributed by atoms with Crippen LogP contribution in [0.3, 0.4) is 0 Å². The predicted octanol–water partition coefficient (Wildman–Crippen LogP) is 2.45. The van der Waals surface area contributed by atoms with Crippen LogP contribution in [0.5, 0.6) is 0 Å². The first kappa shape index (κ1) is 21.5. The largest absolute Gasteiger partial charge is 0.340 e. The van der Waals surface area contributed by atoms with E-state index in [-0.39, 0.29) is 0 Å². The molecule has 1 N–H and O–H groups in total. The van der Waals surface area contributed by atoms with Crippen LogP contribution in [0.1, 0.15) is 11.1 Å². The highest BCUT2D eigenvalue weighted by atomic mass is 35.5. The number of rotatable bonds is 5. The Morgan fingerprint density at radius 3 is 2.36 bits per heavy atom. The average molecular weight is 465 g/mol. The lowest BCUT2D eigenvalue weighted by molar-refractivity contribution is 0.248. The van der Waals surface area contributed by atoms with Gasteiger partial charge in [0.1, 0.15) is 0 Å². The molecule has 0 unspecified atom stereocenters. The average Bonchev–Trinajstić information content (AvgIpc) is 3.20. The molecule has 1 aliphatic heterocycles. The van der Waals surface area contributed by atoms with Gasteiger partial charge in [-0.15, -0.1) is 0 Å². The topological polar surface area (TPSA) is 79.2 Å². The molecule has 33 heavy (non-hydrogen) atoms. The molecule has 1 fully saturated rings. The molecule has 0 spiro atoms. The number of H-pyrrole nitrogens is 1. The number of imidazole rings is 1. The first-order valence-electron chi connectivity index (χ1n) is 11.0. The van der Waals surface area contributed by atoms with E-state index >= 15 is 0 Å². The number of nitrogens with zero attached hydrogens (tertiary/aromatic N) is 5. The molecule has 1 aliphatic rings. The third-order valence-corrected chi connectivity index (χ3v) is 6.55. The van der Waals surface area contributed by atoms with Gasteiger partial charge in [0.2, 0.25) is 5.95 Å². The molecule has 0 saturated carbocycles. The Labute approximate surface area is 195 Å². The SMILES string of the molecule is Cn1c(=O)[nH]c(=O)c2c1nc(N1CCN(Cc3ccccc3)CC1)n2Cc1ccccc1Cl. The molecular formula is C24H25ClN6O2. The van der Waals surface area contributed by atoms with E-state index in [1.54, 1.807) is 7.05 Å². The van der Waals surface area contributed by atoms with E-state index in [1.165, 1.54) is 10.1 Å². The van der Waals surface area contributed by atoms with Crippen LogP contribution in [-0.4, -0.2) is 50.2 Å². The van der Waals surface area contributed by atoms with Gasteiger partial charge in [0.05, 0.1) is 6.54 Å². The molecular weight excluding hydrogens is 440 g/mol. The number of piperazine rings is 1. The number of aromatic nitrogens is 4. The summed E-state index contributed by atoms with van der Waals surface area (Å²) in [6, 6.07) is 18.0. The van der Waals surface area contributed by atoms with Crippen LogP contribution in [0.4, 0.5) is 5.95 Å². The second-order valence-corrected chi connectivity index (χ2v) is 8.74. The molecule has 2 aromatic carbocycles. The standard InChI is InChI=1S/C24H25ClN6O2/c1-28-21-20(22(32)27-24(28)33)31(16-18-9-5-6-10-19(18)25)23(26-21)30-13-11-29(12-14-30)15-17-7-3-2-4-8-17/h2-10H,11-16H2,1H3,(H,27,32,33). The highest BCUT2D eigenvalue weighted by Gasteiger charge is 2.25. The molecule has 8 nitrogen and oxygen atoms in total. The molecule has 2 aromatic heterocycles. The second-order valence-electron chi connectivity index (χ2n) is 8.33. The van der Waals surface area contributed by atoms with E-state index in [9.17, 15) is 9.59 Å². The zero-order chi connectivity index (χ0) is 22.9. The minimum absolute atomic E-state index is 0.373. The summed E-state index contributed by atoms with van der Waals surface area (Å²) in [6.07, 6.45) is 0. The Bertz CT molecular complexity index is 1400. The van der Waals surface area contributed by atoms with E-state index in [0.29, 0.717) is 28.7 Å². The lowest BCUT2D eigenvalue weighted by Crippen LogP contribution is -2.46. The molecule has 5 rings (SSSR count). The fraction of sp³-hybridized carbons (Fsp3) is 0.292. The van der Waals surface area contributed by atoms with Crippen molar-refractivity contribution in [2.45, 2.75) is 13.1 Å². The van der Waals surface area contributed by atoms with Gasteiger partial charge in [-0.05, 0) is 17.2 Å². The van der Waals surface area contributed by atoms with Crippen LogP contribution in [-0.2, 0) is 20.1 Å². The van der Waals surface area contributed by atoms with E-state index < -0.39 is 11.2 Å². The monoisotopic (exact) mass is 464 g/mol. The van der Waals surface area contributed by atoms with Gasteiger partial charge in [-0.25, -0.2) is 4.79 Å². The molecule has 0 atom stereocenters.